The molecule has 224 valence electrons. The minimum absolute atomic E-state index is 0.0707. The first-order chi connectivity index (χ1) is 21.0. The maximum Gasteiger partial charge on any atom is 0.336 e. The summed E-state index contributed by atoms with van der Waals surface area (Å²) in [5.74, 6) is -0.507. The maximum atomic E-state index is 14.4. The van der Waals surface area contributed by atoms with Crippen LogP contribution in [0.3, 0.4) is 0 Å². The fourth-order valence-corrected chi connectivity index (χ4v) is 6.77. The normalized spacial score (nSPS) is 20.7. The Labute approximate surface area is 252 Å². The van der Waals surface area contributed by atoms with E-state index in [1.54, 1.807) is 6.07 Å². The van der Waals surface area contributed by atoms with Crippen LogP contribution in [0.5, 0.6) is 5.75 Å². The van der Waals surface area contributed by atoms with E-state index >= 15 is 0 Å². The van der Waals surface area contributed by atoms with Crippen molar-refractivity contribution < 1.29 is 23.5 Å². The number of nitrogens with zero attached hydrogens (tertiary/aromatic N) is 2. The van der Waals surface area contributed by atoms with Crippen LogP contribution in [0.15, 0.2) is 84.4 Å². The highest BCUT2D eigenvalue weighted by atomic mass is 19.1. The third-order valence-electron chi connectivity index (χ3n) is 8.91. The molecule has 2 saturated heterocycles. The molecule has 2 amide bonds. The van der Waals surface area contributed by atoms with E-state index in [0.29, 0.717) is 29.7 Å². The lowest BCUT2D eigenvalue weighted by Crippen LogP contribution is -2.54. The van der Waals surface area contributed by atoms with Crippen molar-refractivity contribution in [2.24, 2.45) is 0 Å². The van der Waals surface area contributed by atoms with Gasteiger partial charge in [0.2, 0.25) is 0 Å². The van der Waals surface area contributed by atoms with Crippen LogP contribution in [0.1, 0.15) is 48.8 Å². The van der Waals surface area contributed by atoms with Crippen LogP contribution in [0, 0.1) is 5.82 Å². The largest absolute Gasteiger partial charge is 0.488 e. The minimum Gasteiger partial charge on any atom is -0.488 e. The van der Waals surface area contributed by atoms with Gasteiger partial charge in [-0.05, 0) is 60.9 Å². The fourth-order valence-electron chi connectivity index (χ4n) is 6.77. The van der Waals surface area contributed by atoms with Gasteiger partial charge >= 0.3 is 12.0 Å². The Hall–Kier alpha value is -4.17. The number of hydrogen-bond acceptors (Lipinski definition) is 5. The molecule has 0 radical (unpaired) electrons. The summed E-state index contributed by atoms with van der Waals surface area (Å²) >= 11 is 0. The van der Waals surface area contributed by atoms with E-state index in [9.17, 15) is 14.0 Å². The van der Waals surface area contributed by atoms with Gasteiger partial charge in [-0.2, -0.15) is 0 Å². The quantitative estimate of drug-likeness (QED) is 0.333. The molecule has 2 bridgehead atoms. The predicted molar refractivity (Wildman–Crippen MR) is 163 cm³/mol. The van der Waals surface area contributed by atoms with E-state index < -0.39 is 17.8 Å². The molecule has 1 N–H and O–H groups in total. The Balaban J connectivity index is 1.18. The van der Waals surface area contributed by atoms with Crippen LogP contribution in [-0.2, 0) is 22.7 Å². The summed E-state index contributed by atoms with van der Waals surface area (Å²) in [6, 6.07) is 24.0. The number of ether oxygens (including phenoxy) is 2. The summed E-state index contributed by atoms with van der Waals surface area (Å²) < 4.78 is 25.8. The molecule has 3 aromatic rings. The van der Waals surface area contributed by atoms with Gasteiger partial charge in [-0.15, -0.1) is 0 Å². The third kappa shape index (κ3) is 6.44. The Morgan fingerprint density at radius 3 is 2.30 bits per heavy atom. The van der Waals surface area contributed by atoms with E-state index in [2.05, 4.69) is 34.5 Å². The Morgan fingerprint density at radius 2 is 1.60 bits per heavy atom. The molecule has 8 heteroatoms. The molecule has 3 aromatic carbocycles. The summed E-state index contributed by atoms with van der Waals surface area (Å²) in [5, 5.41) is 3.27. The average molecular weight is 584 g/mol. The number of urea groups is 1. The molecule has 7 nitrogen and oxygen atoms in total. The smallest absolute Gasteiger partial charge is 0.336 e. The van der Waals surface area contributed by atoms with Gasteiger partial charge in [0, 0.05) is 43.3 Å². The molecule has 3 aliphatic heterocycles. The summed E-state index contributed by atoms with van der Waals surface area (Å²) in [4.78, 5) is 31.3. The van der Waals surface area contributed by atoms with E-state index in [0.717, 1.165) is 50.0 Å². The summed E-state index contributed by atoms with van der Waals surface area (Å²) in [6.07, 6.45) is 3.67. The van der Waals surface area contributed by atoms with Crippen LogP contribution in [-0.4, -0.2) is 60.1 Å². The molecule has 2 fully saturated rings. The predicted octanol–water partition coefficient (Wildman–Crippen LogP) is 5.94. The molecule has 0 aromatic heterocycles. The number of carbonyl (C=O) groups excluding carboxylic acids is 2. The second-order valence-electron chi connectivity index (χ2n) is 11.6. The number of amides is 2. The summed E-state index contributed by atoms with van der Waals surface area (Å²) in [5.41, 5.74) is 4.14. The highest BCUT2D eigenvalue weighted by Crippen LogP contribution is 2.45. The van der Waals surface area contributed by atoms with E-state index in [-0.39, 0.29) is 24.7 Å². The lowest BCUT2D eigenvalue weighted by molar-refractivity contribution is -0.136. The number of esters is 1. The summed E-state index contributed by atoms with van der Waals surface area (Å²) in [6.45, 7) is 3.01. The van der Waals surface area contributed by atoms with Crippen molar-refractivity contribution >= 4 is 17.6 Å². The molecule has 3 aliphatic rings. The van der Waals surface area contributed by atoms with Crippen LogP contribution in [0.25, 0.3) is 5.57 Å². The number of carbonyl (C=O) groups is 2. The Morgan fingerprint density at radius 1 is 0.907 bits per heavy atom. The number of halogens is 1. The fraction of sp³-hybridized carbons (Fsp3) is 0.371. The van der Waals surface area contributed by atoms with Gasteiger partial charge in [-0.3, -0.25) is 4.90 Å². The molecule has 0 aliphatic carbocycles. The average Bonchev–Trinajstić information content (AvgIpc) is 3.35. The van der Waals surface area contributed by atoms with Crippen molar-refractivity contribution in [2.45, 2.75) is 63.4 Å². The molecule has 0 unspecified atom stereocenters. The standard InChI is InChI=1S/C35H38FN3O4/c1-42-34(40)33-30(29-14-12-26(36)20-32(29)43-23-25-10-6-3-7-11-25)21-28-13-15-31(33)39(28)35(41)37-27-16-18-38(19-17-27)22-24-8-4-2-5-9-24/h2-12,14,20,27-28,31H,13,15-19,21-23H2,1H3,(H,37,41)/t28-,31+/m0/s1. The monoisotopic (exact) mass is 583 g/mol. The molecule has 0 spiro atoms. The number of nitrogens with one attached hydrogen (secondary N) is 1. The zero-order chi connectivity index (χ0) is 29.8. The van der Waals surface area contributed by atoms with Crippen molar-refractivity contribution in [1.29, 1.82) is 0 Å². The van der Waals surface area contributed by atoms with Gasteiger partial charge in [-0.1, -0.05) is 60.7 Å². The van der Waals surface area contributed by atoms with Gasteiger partial charge in [0.25, 0.3) is 0 Å². The second-order valence-corrected chi connectivity index (χ2v) is 11.6. The van der Waals surface area contributed by atoms with E-state index in [1.165, 1.54) is 24.8 Å². The van der Waals surface area contributed by atoms with Crippen LogP contribution in [0.4, 0.5) is 9.18 Å². The molecular weight excluding hydrogens is 545 g/mol. The highest BCUT2D eigenvalue weighted by molar-refractivity contribution is 6.01. The second kappa shape index (κ2) is 13.0. The van der Waals surface area contributed by atoms with Crippen molar-refractivity contribution in [2.75, 3.05) is 20.2 Å². The Kier molecular flexibility index (Phi) is 8.74. The van der Waals surface area contributed by atoms with Gasteiger partial charge in [0.1, 0.15) is 18.2 Å². The topological polar surface area (TPSA) is 71.1 Å². The van der Waals surface area contributed by atoms with Gasteiger partial charge in [0.15, 0.2) is 0 Å². The highest BCUT2D eigenvalue weighted by Gasteiger charge is 2.47. The van der Waals surface area contributed by atoms with Crippen LogP contribution >= 0.6 is 0 Å². The van der Waals surface area contributed by atoms with Gasteiger partial charge in [0.05, 0.1) is 18.7 Å². The van der Waals surface area contributed by atoms with Crippen LogP contribution in [0.2, 0.25) is 0 Å². The van der Waals surface area contributed by atoms with E-state index in [4.69, 9.17) is 9.47 Å². The summed E-state index contributed by atoms with van der Waals surface area (Å²) in [7, 11) is 1.36. The molecular formula is C35H38FN3O4. The van der Waals surface area contributed by atoms with Crippen molar-refractivity contribution in [3.8, 4) is 5.75 Å². The number of benzene rings is 3. The van der Waals surface area contributed by atoms with E-state index in [1.807, 2.05) is 41.3 Å². The zero-order valence-corrected chi connectivity index (χ0v) is 24.5. The number of likely N-dealkylation sites (tertiary alicyclic amines) is 1. The molecule has 3 heterocycles. The van der Waals surface area contributed by atoms with Crippen molar-refractivity contribution in [1.82, 2.24) is 15.1 Å². The molecule has 6 rings (SSSR count). The first kappa shape index (κ1) is 28.9. The lowest BCUT2D eigenvalue weighted by Gasteiger charge is -2.39. The van der Waals surface area contributed by atoms with Crippen molar-refractivity contribution in [3.63, 3.8) is 0 Å². The van der Waals surface area contributed by atoms with Gasteiger partial charge in [-0.25, -0.2) is 14.0 Å². The number of methoxy groups -OCH3 is 1. The zero-order valence-electron chi connectivity index (χ0n) is 24.5. The third-order valence-corrected chi connectivity index (χ3v) is 8.91. The van der Waals surface area contributed by atoms with Crippen LogP contribution < -0.4 is 10.1 Å². The number of piperidine rings is 1. The lowest BCUT2D eigenvalue weighted by atomic mass is 9.88. The SMILES string of the molecule is COC(=O)C1=C(c2ccc(F)cc2OCc2ccccc2)C[C@@H]2CC[C@H]1N2C(=O)NC1CCN(Cc2ccccc2)CC1. The van der Waals surface area contributed by atoms with Gasteiger partial charge < -0.3 is 19.7 Å². The minimum atomic E-state index is -0.467. The maximum absolute atomic E-state index is 14.4. The first-order valence-corrected chi connectivity index (χ1v) is 15.1. The molecule has 2 atom stereocenters. The number of rotatable bonds is 8. The number of fused-ring (bicyclic) bond motifs is 2. The van der Waals surface area contributed by atoms with Crippen molar-refractivity contribution in [3.05, 3.63) is 107 Å². The number of hydrogen-bond donors (Lipinski definition) is 1. The Bertz CT molecular complexity index is 1470. The molecule has 0 saturated carbocycles. The first-order valence-electron chi connectivity index (χ1n) is 15.1. The molecule has 43 heavy (non-hydrogen) atoms.